The van der Waals surface area contributed by atoms with Gasteiger partial charge in [0.05, 0.1) is 6.10 Å². The highest BCUT2D eigenvalue weighted by Crippen LogP contribution is 2.20. The summed E-state index contributed by atoms with van der Waals surface area (Å²) in [6.45, 7) is 6.05. The van der Waals surface area contributed by atoms with Gasteiger partial charge in [-0.05, 0) is 49.3 Å². The molecule has 1 aliphatic rings. The number of aliphatic imine (C=N–C) groups is 1. The van der Waals surface area contributed by atoms with Crippen molar-refractivity contribution in [2.75, 3.05) is 18.5 Å². The van der Waals surface area contributed by atoms with Gasteiger partial charge < -0.3 is 15.8 Å². The highest BCUT2D eigenvalue weighted by atomic mass is 16.5. The summed E-state index contributed by atoms with van der Waals surface area (Å²) in [7, 11) is 0. The molecule has 4 heteroatoms. The molecule has 21 heavy (non-hydrogen) atoms. The zero-order valence-corrected chi connectivity index (χ0v) is 13.1. The summed E-state index contributed by atoms with van der Waals surface area (Å²) in [4.78, 5) is 4.36. The van der Waals surface area contributed by atoms with Crippen LogP contribution in [0.25, 0.3) is 0 Å². The molecule has 0 radical (unpaired) electrons. The fourth-order valence-electron chi connectivity index (χ4n) is 2.52. The summed E-state index contributed by atoms with van der Waals surface area (Å²) < 4.78 is 5.57. The second-order valence-electron chi connectivity index (χ2n) is 5.75. The minimum Gasteiger partial charge on any atom is -0.378 e. The standard InChI is InChI=1S/C17H27N3O/c1-3-13(2)14-6-8-15(9-7-14)20-17(18)19-11-10-16-5-4-12-21-16/h6-9,13,16H,3-5,10-12H2,1-2H3,(H3,18,19,20). The average molecular weight is 289 g/mol. The largest absolute Gasteiger partial charge is 0.378 e. The molecular weight excluding hydrogens is 262 g/mol. The summed E-state index contributed by atoms with van der Waals surface area (Å²) in [5.41, 5.74) is 8.26. The predicted molar refractivity (Wildman–Crippen MR) is 88.9 cm³/mol. The predicted octanol–water partition coefficient (Wildman–Crippen LogP) is 3.50. The maximum atomic E-state index is 5.91. The SMILES string of the molecule is CCC(C)c1ccc(NC(N)=NCCC2CCCO2)cc1. The Bertz CT molecular complexity index is 450. The Morgan fingerprint density at radius 3 is 2.81 bits per heavy atom. The molecule has 4 nitrogen and oxygen atoms in total. The Morgan fingerprint density at radius 1 is 1.43 bits per heavy atom. The molecule has 2 rings (SSSR count). The van der Waals surface area contributed by atoms with Gasteiger partial charge in [-0.25, -0.2) is 0 Å². The molecule has 0 amide bonds. The molecule has 1 aliphatic heterocycles. The quantitative estimate of drug-likeness (QED) is 0.622. The van der Waals surface area contributed by atoms with E-state index >= 15 is 0 Å². The van der Waals surface area contributed by atoms with Crippen LogP contribution < -0.4 is 11.1 Å². The highest BCUT2D eigenvalue weighted by molar-refractivity contribution is 5.92. The van der Waals surface area contributed by atoms with Crippen LogP contribution in [0.1, 0.15) is 51.0 Å². The Morgan fingerprint density at radius 2 is 2.19 bits per heavy atom. The number of nitrogens with two attached hydrogens (primary N) is 1. The molecule has 0 bridgehead atoms. The zero-order chi connectivity index (χ0) is 15.1. The van der Waals surface area contributed by atoms with E-state index in [1.54, 1.807) is 0 Å². The van der Waals surface area contributed by atoms with E-state index in [1.807, 2.05) is 0 Å². The molecule has 3 N–H and O–H groups in total. The van der Waals surface area contributed by atoms with Crippen LogP contribution in [0.5, 0.6) is 0 Å². The molecule has 1 heterocycles. The molecule has 0 aliphatic carbocycles. The van der Waals surface area contributed by atoms with E-state index in [9.17, 15) is 0 Å². The lowest BCUT2D eigenvalue weighted by Crippen LogP contribution is -2.23. The summed E-state index contributed by atoms with van der Waals surface area (Å²) in [5, 5.41) is 3.14. The van der Waals surface area contributed by atoms with Crippen molar-refractivity contribution >= 4 is 11.6 Å². The molecule has 116 valence electrons. The molecule has 1 aromatic rings. The van der Waals surface area contributed by atoms with E-state index in [1.165, 1.54) is 12.0 Å². The van der Waals surface area contributed by atoms with Gasteiger partial charge in [0.2, 0.25) is 0 Å². The van der Waals surface area contributed by atoms with Gasteiger partial charge in [-0.15, -0.1) is 0 Å². The van der Waals surface area contributed by atoms with Gasteiger partial charge in [-0.3, -0.25) is 4.99 Å². The lowest BCUT2D eigenvalue weighted by atomic mass is 9.99. The van der Waals surface area contributed by atoms with Gasteiger partial charge in [-0.2, -0.15) is 0 Å². The molecule has 2 atom stereocenters. The topological polar surface area (TPSA) is 59.6 Å². The molecular formula is C17H27N3O. The van der Waals surface area contributed by atoms with Crippen LogP contribution in [-0.2, 0) is 4.74 Å². The summed E-state index contributed by atoms with van der Waals surface area (Å²) >= 11 is 0. The second kappa shape index (κ2) is 8.03. The third-order valence-electron chi connectivity index (χ3n) is 4.12. The number of nitrogens with zero attached hydrogens (tertiary/aromatic N) is 1. The summed E-state index contributed by atoms with van der Waals surface area (Å²) in [6.07, 6.45) is 4.80. The van der Waals surface area contributed by atoms with Crippen LogP contribution in [0.4, 0.5) is 5.69 Å². The fourth-order valence-corrected chi connectivity index (χ4v) is 2.52. The Balaban J connectivity index is 1.79. The van der Waals surface area contributed by atoms with Crippen LogP contribution in [0.3, 0.4) is 0 Å². The Kier molecular flexibility index (Phi) is 6.05. The van der Waals surface area contributed by atoms with Crippen molar-refractivity contribution in [3.8, 4) is 0 Å². The number of hydrogen-bond donors (Lipinski definition) is 2. The lowest BCUT2D eigenvalue weighted by Gasteiger charge is -2.11. The molecule has 1 saturated heterocycles. The first-order valence-corrected chi connectivity index (χ1v) is 7.97. The van der Waals surface area contributed by atoms with Gasteiger partial charge in [0.15, 0.2) is 5.96 Å². The van der Waals surface area contributed by atoms with Gasteiger partial charge in [0.25, 0.3) is 0 Å². The normalized spacial score (nSPS) is 20.5. The van der Waals surface area contributed by atoms with Crippen molar-refractivity contribution in [1.82, 2.24) is 0 Å². The molecule has 0 aromatic heterocycles. The number of ether oxygens (including phenoxy) is 1. The second-order valence-corrected chi connectivity index (χ2v) is 5.75. The van der Waals surface area contributed by atoms with E-state index in [-0.39, 0.29) is 0 Å². The van der Waals surface area contributed by atoms with Gasteiger partial charge >= 0.3 is 0 Å². The maximum absolute atomic E-state index is 5.91. The number of guanidine groups is 1. The Labute approximate surface area is 127 Å². The van der Waals surface area contributed by atoms with Crippen LogP contribution in [0.15, 0.2) is 29.3 Å². The van der Waals surface area contributed by atoms with Gasteiger partial charge in [-0.1, -0.05) is 26.0 Å². The van der Waals surface area contributed by atoms with Crippen molar-refractivity contribution < 1.29 is 4.74 Å². The number of nitrogens with one attached hydrogen (secondary N) is 1. The van der Waals surface area contributed by atoms with E-state index < -0.39 is 0 Å². The Hall–Kier alpha value is -1.55. The number of anilines is 1. The highest BCUT2D eigenvalue weighted by Gasteiger charge is 2.14. The summed E-state index contributed by atoms with van der Waals surface area (Å²) in [6, 6.07) is 8.42. The molecule has 0 saturated carbocycles. The number of rotatable bonds is 6. The van der Waals surface area contributed by atoms with Crippen LogP contribution >= 0.6 is 0 Å². The van der Waals surface area contributed by atoms with E-state index in [4.69, 9.17) is 10.5 Å². The van der Waals surface area contributed by atoms with Crippen molar-refractivity contribution in [3.05, 3.63) is 29.8 Å². The van der Waals surface area contributed by atoms with Crippen molar-refractivity contribution in [1.29, 1.82) is 0 Å². The maximum Gasteiger partial charge on any atom is 0.193 e. The van der Waals surface area contributed by atoms with Crippen LogP contribution in [-0.4, -0.2) is 25.2 Å². The minimum absolute atomic E-state index is 0.372. The smallest absolute Gasteiger partial charge is 0.193 e. The van der Waals surface area contributed by atoms with Crippen molar-refractivity contribution in [2.45, 2.75) is 51.6 Å². The molecule has 1 aromatic carbocycles. The van der Waals surface area contributed by atoms with Gasteiger partial charge in [0, 0.05) is 18.8 Å². The zero-order valence-electron chi connectivity index (χ0n) is 13.1. The van der Waals surface area contributed by atoms with Crippen molar-refractivity contribution in [3.63, 3.8) is 0 Å². The minimum atomic E-state index is 0.372. The van der Waals surface area contributed by atoms with E-state index in [2.05, 4.69) is 48.4 Å². The summed E-state index contributed by atoms with van der Waals surface area (Å²) in [5.74, 6) is 1.07. The van der Waals surface area contributed by atoms with E-state index in [0.29, 0.717) is 24.5 Å². The average Bonchev–Trinajstić information content (AvgIpc) is 3.00. The van der Waals surface area contributed by atoms with Crippen molar-refractivity contribution in [2.24, 2.45) is 10.7 Å². The number of benzene rings is 1. The first-order chi connectivity index (χ1) is 10.2. The lowest BCUT2D eigenvalue weighted by molar-refractivity contribution is 0.106. The first kappa shape index (κ1) is 15.8. The number of hydrogen-bond acceptors (Lipinski definition) is 2. The third-order valence-corrected chi connectivity index (χ3v) is 4.12. The monoisotopic (exact) mass is 289 g/mol. The molecule has 0 spiro atoms. The van der Waals surface area contributed by atoms with Crippen LogP contribution in [0.2, 0.25) is 0 Å². The third kappa shape index (κ3) is 5.05. The van der Waals surface area contributed by atoms with E-state index in [0.717, 1.165) is 31.6 Å². The van der Waals surface area contributed by atoms with Gasteiger partial charge in [0.1, 0.15) is 0 Å². The molecule has 1 fully saturated rings. The van der Waals surface area contributed by atoms with Crippen LogP contribution in [0, 0.1) is 0 Å². The first-order valence-electron chi connectivity index (χ1n) is 7.97. The fraction of sp³-hybridized carbons (Fsp3) is 0.588. The molecule has 2 unspecified atom stereocenters.